The summed E-state index contributed by atoms with van der Waals surface area (Å²) in [5.74, 6) is -0.751. The molecule has 2 rings (SSSR count). The van der Waals surface area contributed by atoms with E-state index in [2.05, 4.69) is 11.4 Å². The maximum atomic E-state index is 12.4. The van der Waals surface area contributed by atoms with Crippen LogP contribution < -0.4 is 0 Å². The SMILES string of the molecule is C=C(CCC(=O)C(=[N+]=[N-])S(=O)(=O)c1ccccc1)c1ccccc1. The van der Waals surface area contributed by atoms with Gasteiger partial charge < -0.3 is 5.53 Å². The van der Waals surface area contributed by atoms with Crippen molar-refractivity contribution in [3.05, 3.63) is 78.3 Å². The highest BCUT2D eigenvalue weighted by molar-refractivity contribution is 8.08. The average Bonchev–Trinajstić information content (AvgIpc) is 2.61. The second-order valence-electron chi connectivity index (χ2n) is 5.11. The van der Waals surface area contributed by atoms with Crippen LogP contribution in [0.5, 0.6) is 0 Å². The monoisotopic (exact) mass is 340 g/mol. The lowest BCUT2D eigenvalue weighted by Gasteiger charge is -2.04. The molecule has 0 N–H and O–H groups in total. The average molecular weight is 340 g/mol. The quantitative estimate of drug-likeness (QED) is 0.350. The van der Waals surface area contributed by atoms with Gasteiger partial charge in [0.15, 0.2) is 0 Å². The van der Waals surface area contributed by atoms with Gasteiger partial charge in [0.05, 0.1) is 4.90 Å². The number of rotatable bonds is 6. The van der Waals surface area contributed by atoms with Crippen LogP contribution in [0.1, 0.15) is 18.4 Å². The highest BCUT2D eigenvalue weighted by Gasteiger charge is 2.36. The Balaban J connectivity index is 2.13. The number of hydrogen-bond donors (Lipinski definition) is 0. The van der Waals surface area contributed by atoms with E-state index in [0.29, 0.717) is 5.57 Å². The zero-order valence-corrected chi connectivity index (χ0v) is 13.7. The molecule has 24 heavy (non-hydrogen) atoms. The van der Waals surface area contributed by atoms with Crippen LogP contribution in [0.25, 0.3) is 11.1 Å². The second-order valence-corrected chi connectivity index (χ2v) is 6.98. The number of sulfone groups is 1. The smallest absolute Gasteiger partial charge is 0.360 e. The minimum atomic E-state index is -4.14. The predicted octanol–water partition coefficient (Wildman–Crippen LogP) is 3.15. The Kier molecular flexibility index (Phi) is 5.58. The lowest BCUT2D eigenvalue weighted by Crippen LogP contribution is -2.25. The fourth-order valence-electron chi connectivity index (χ4n) is 2.16. The number of benzene rings is 2. The van der Waals surface area contributed by atoms with Crippen molar-refractivity contribution in [3.63, 3.8) is 0 Å². The van der Waals surface area contributed by atoms with Gasteiger partial charge in [0.1, 0.15) is 0 Å². The second kappa shape index (κ2) is 7.64. The first-order valence-electron chi connectivity index (χ1n) is 7.25. The lowest BCUT2D eigenvalue weighted by molar-refractivity contribution is -0.116. The number of carbonyl (C=O) groups excluding carboxylic acids is 1. The van der Waals surface area contributed by atoms with Crippen molar-refractivity contribution in [2.24, 2.45) is 0 Å². The zero-order valence-electron chi connectivity index (χ0n) is 12.9. The number of carbonyl (C=O) groups is 1. The molecule has 122 valence electrons. The molecule has 0 amide bonds. The first-order valence-corrected chi connectivity index (χ1v) is 8.73. The number of nitrogens with zero attached hydrogens (tertiary/aromatic N) is 2. The molecule has 0 bridgehead atoms. The number of ketones is 1. The summed E-state index contributed by atoms with van der Waals surface area (Å²) in [6.45, 7) is 3.90. The molecular weight excluding hydrogens is 324 g/mol. The zero-order chi connectivity index (χ0) is 17.6. The molecule has 0 aromatic heterocycles. The molecule has 0 aliphatic heterocycles. The van der Waals surface area contributed by atoms with E-state index in [4.69, 9.17) is 5.53 Å². The third-order valence-electron chi connectivity index (χ3n) is 3.47. The molecule has 0 saturated heterocycles. The first kappa shape index (κ1) is 17.5. The molecule has 0 saturated carbocycles. The van der Waals surface area contributed by atoms with E-state index >= 15 is 0 Å². The van der Waals surface area contributed by atoms with Gasteiger partial charge in [0, 0.05) is 6.42 Å². The van der Waals surface area contributed by atoms with Gasteiger partial charge in [-0.1, -0.05) is 55.1 Å². The molecule has 2 aromatic rings. The van der Waals surface area contributed by atoms with E-state index in [1.165, 1.54) is 24.3 Å². The van der Waals surface area contributed by atoms with Crippen LogP contribution in [0.2, 0.25) is 0 Å². The van der Waals surface area contributed by atoms with Gasteiger partial charge in [-0.05, 0) is 29.7 Å². The van der Waals surface area contributed by atoms with Crippen molar-refractivity contribution >= 4 is 26.2 Å². The number of Topliss-reactive ketones (excluding diaryl/α,β-unsaturated/α-hetero) is 1. The van der Waals surface area contributed by atoms with Gasteiger partial charge >= 0.3 is 5.04 Å². The van der Waals surface area contributed by atoms with Gasteiger partial charge in [-0.15, -0.1) is 4.79 Å². The fourth-order valence-corrected chi connectivity index (χ4v) is 3.41. The maximum absolute atomic E-state index is 12.4. The van der Waals surface area contributed by atoms with E-state index in [1.54, 1.807) is 6.07 Å². The Morgan fingerprint density at radius 3 is 2.04 bits per heavy atom. The van der Waals surface area contributed by atoms with E-state index in [9.17, 15) is 13.2 Å². The van der Waals surface area contributed by atoms with Gasteiger partial charge in [-0.3, -0.25) is 4.79 Å². The number of allylic oxidation sites excluding steroid dienone is 1. The fraction of sp³-hybridized carbons (Fsp3) is 0.111. The highest BCUT2D eigenvalue weighted by atomic mass is 32.2. The van der Waals surface area contributed by atoms with Crippen molar-refractivity contribution in [2.75, 3.05) is 0 Å². The first-order chi connectivity index (χ1) is 11.5. The molecule has 6 heteroatoms. The Morgan fingerprint density at radius 2 is 1.50 bits per heavy atom. The molecule has 0 radical (unpaired) electrons. The van der Waals surface area contributed by atoms with Crippen molar-refractivity contribution in [1.29, 1.82) is 0 Å². The van der Waals surface area contributed by atoms with Crippen LogP contribution in [0, 0.1) is 0 Å². The molecular formula is C18H16N2O3S. The van der Waals surface area contributed by atoms with E-state index in [1.807, 2.05) is 30.3 Å². The van der Waals surface area contributed by atoms with E-state index in [0.717, 1.165) is 5.56 Å². The largest absolute Gasteiger partial charge is 0.451 e. The van der Waals surface area contributed by atoms with Crippen LogP contribution >= 0.6 is 0 Å². The minimum absolute atomic E-state index is 0.0898. The summed E-state index contributed by atoms with van der Waals surface area (Å²) in [5.41, 5.74) is 10.6. The van der Waals surface area contributed by atoms with Gasteiger partial charge in [-0.2, -0.15) is 0 Å². The molecule has 0 aliphatic rings. The summed E-state index contributed by atoms with van der Waals surface area (Å²) >= 11 is 0. The van der Waals surface area contributed by atoms with Crippen molar-refractivity contribution in [2.45, 2.75) is 17.7 Å². The topological polar surface area (TPSA) is 87.6 Å². The Morgan fingerprint density at radius 1 is 0.958 bits per heavy atom. The summed E-state index contributed by atoms with van der Waals surface area (Å²) in [7, 11) is -4.14. The van der Waals surface area contributed by atoms with E-state index < -0.39 is 20.7 Å². The van der Waals surface area contributed by atoms with Crippen LogP contribution in [0.4, 0.5) is 0 Å². The van der Waals surface area contributed by atoms with Gasteiger partial charge in [0.2, 0.25) is 0 Å². The maximum Gasteiger partial charge on any atom is 0.451 e. The summed E-state index contributed by atoms with van der Waals surface area (Å²) in [4.78, 5) is 14.9. The summed E-state index contributed by atoms with van der Waals surface area (Å²) in [5, 5.41) is -0.852. The Hall–Kier alpha value is -2.82. The highest BCUT2D eigenvalue weighted by Crippen LogP contribution is 2.19. The van der Waals surface area contributed by atoms with Crippen molar-refractivity contribution in [1.82, 2.24) is 0 Å². The van der Waals surface area contributed by atoms with Crippen LogP contribution in [0.15, 0.2) is 72.1 Å². The summed E-state index contributed by atoms with van der Waals surface area (Å²) in [6, 6.07) is 16.7. The molecule has 0 heterocycles. The lowest BCUT2D eigenvalue weighted by atomic mass is 10.0. The minimum Gasteiger partial charge on any atom is -0.360 e. The Labute approximate surface area is 140 Å². The molecule has 0 unspecified atom stereocenters. The standard InChI is InChI=1S/C18H16N2O3S/c1-14(15-8-4-2-5-9-15)12-13-17(21)18(20-19)24(22,23)16-10-6-3-7-11-16/h2-11H,1,12-13H2. The Bertz CT molecular complexity index is 898. The van der Waals surface area contributed by atoms with Crippen molar-refractivity contribution in [3.8, 4) is 0 Å². The van der Waals surface area contributed by atoms with Crippen molar-refractivity contribution < 1.29 is 18.0 Å². The predicted molar refractivity (Wildman–Crippen MR) is 92.0 cm³/mol. The van der Waals surface area contributed by atoms with Gasteiger partial charge in [0.25, 0.3) is 15.6 Å². The molecule has 0 spiro atoms. The van der Waals surface area contributed by atoms with Gasteiger partial charge in [-0.25, -0.2) is 8.42 Å². The molecule has 0 fully saturated rings. The van der Waals surface area contributed by atoms with E-state index in [-0.39, 0.29) is 17.7 Å². The van der Waals surface area contributed by atoms with Crippen LogP contribution in [0.3, 0.4) is 0 Å². The summed E-state index contributed by atoms with van der Waals surface area (Å²) in [6.07, 6.45) is 0.158. The third kappa shape index (κ3) is 3.93. The normalized spacial score (nSPS) is 10.7. The molecule has 0 aliphatic carbocycles. The molecule has 0 atom stereocenters. The third-order valence-corrected chi connectivity index (χ3v) is 5.18. The van der Waals surface area contributed by atoms with Crippen LogP contribution in [-0.2, 0) is 14.6 Å². The molecule has 2 aromatic carbocycles. The number of hydrogen-bond acceptors (Lipinski definition) is 3. The van der Waals surface area contributed by atoms with Crippen LogP contribution in [-0.4, -0.2) is 24.0 Å². The molecule has 5 nitrogen and oxygen atoms in total. The summed E-state index contributed by atoms with van der Waals surface area (Å²) < 4.78 is 24.8.